The zero-order chi connectivity index (χ0) is 14.1. The van der Waals surface area contributed by atoms with Gasteiger partial charge >= 0.3 is 0 Å². The highest BCUT2D eigenvalue weighted by Gasteiger charge is 2.11. The molecule has 3 rings (SSSR count). The van der Waals surface area contributed by atoms with E-state index >= 15 is 0 Å². The average Bonchev–Trinajstić information content (AvgIpc) is 3.04. The van der Waals surface area contributed by atoms with Crippen molar-refractivity contribution in [1.29, 1.82) is 0 Å². The van der Waals surface area contributed by atoms with Crippen LogP contribution in [0.2, 0.25) is 5.02 Å². The standard InChI is InChI=1S/C15H14Cl2N2S/c1-2-11-4-5-12(20-11)9-19-14-7-10(17)3-6-13(14)18-15(19)8-16/h3-7H,2,8-9H2,1H3. The first kappa shape index (κ1) is 13.9. The summed E-state index contributed by atoms with van der Waals surface area (Å²) >= 11 is 14.0. The summed E-state index contributed by atoms with van der Waals surface area (Å²) in [6, 6.07) is 10.1. The summed E-state index contributed by atoms with van der Waals surface area (Å²) in [4.78, 5) is 7.28. The summed E-state index contributed by atoms with van der Waals surface area (Å²) in [6.45, 7) is 2.97. The van der Waals surface area contributed by atoms with Gasteiger partial charge in [-0.25, -0.2) is 4.98 Å². The SMILES string of the molecule is CCc1ccc(Cn2c(CCl)nc3ccc(Cl)cc32)s1. The highest BCUT2D eigenvalue weighted by Crippen LogP contribution is 2.25. The Morgan fingerprint density at radius 2 is 2.00 bits per heavy atom. The smallest absolute Gasteiger partial charge is 0.125 e. The van der Waals surface area contributed by atoms with Crippen LogP contribution in [0.3, 0.4) is 0 Å². The van der Waals surface area contributed by atoms with Crippen LogP contribution in [0.1, 0.15) is 22.5 Å². The second kappa shape index (κ2) is 5.76. The molecule has 0 saturated carbocycles. The molecular weight excluding hydrogens is 311 g/mol. The van der Waals surface area contributed by atoms with Crippen molar-refractivity contribution in [2.45, 2.75) is 25.8 Å². The Morgan fingerprint density at radius 1 is 1.20 bits per heavy atom. The molecule has 20 heavy (non-hydrogen) atoms. The molecule has 0 unspecified atom stereocenters. The van der Waals surface area contributed by atoms with Crippen molar-refractivity contribution < 1.29 is 0 Å². The molecule has 0 spiro atoms. The molecule has 0 atom stereocenters. The first-order valence-corrected chi connectivity index (χ1v) is 8.22. The van der Waals surface area contributed by atoms with Gasteiger partial charge in [-0.3, -0.25) is 0 Å². The zero-order valence-corrected chi connectivity index (χ0v) is 13.4. The van der Waals surface area contributed by atoms with Gasteiger partial charge in [-0.05, 0) is 36.8 Å². The third-order valence-electron chi connectivity index (χ3n) is 3.29. The van der Waals surface area contributed by atoms with Crippen LogP contribution in [0.25, 0.3) is 11.0 Å². The number of hydrogen-bond acceptors (Lipinski definition) is 2. The Labute approximate surface area is 132 Å². The van der Waals surface area contributed by atoms with E-state index in [0.717, 1.165) is 34.8 Å². The minimum Gasteiger partial charge on any atom is -0.322 e. The number of rotatable bonds is 4. The topological polar surface area (TPSA) is 17.8 Å². The summed E-state index contributed by atoms with van der Waals surface area (Å²) in [5.74, 6) is 1.29. The lowest BCUT2D eigenvalue weighted by atomic mass is 10.3. The number of alkyl halides is 1. The zero-order valence-electron chi connectivity index (χ0n) is 11.1. The van der Waals surface area contributed by atoms with Crippen LogP contribution in [0.15, 0.2) is 30.3 Å². The normalized spacial score (nSPS) is 11.3. The quantitative estimate of drug-likeness (QED) is 0.610. The molecule has 0 aliphatic carbocycles. The van der Waals surface area contributed by atoms with E-state index in [1.807, 2.05) is 29.5 Å². The van der Waals surface area contributed by atoms with Gasteiger partial charge in [0.25, 0.3) is 0 Å². The summed E-state index contributed by atoms with van der Waals surface area (Å²) < 4.78 is 2.15. The van der Waals surface area contributed by atoms with Gasteiger partial charge in [0.05, 0.1) is 23.5 Å². The van der Waals surface area contributed by atoms with Crippen molar-refractivity contribution in [2.75, 3.05) is 0 Å². The Morgan fingerprint density at radius 3 is 2.70 bits per heavy atom. The van der Waals surface area contributed by atoms with Crippen LogP contribution in [0.5, 0.6) is 0 Å². The summed E-state index contributed by atoms with van der Waals surface area (Å²) in [5.41, 5.74) is 1.98. The van der Waals surface area contributed by atoms with Gasteiger partial charge < -0.3 is 4.57 Å². The van der Waals surface area contributed by atoms with Crippen molar-refractivity contribution in [2.24, 2.45) is 0 Å². The van der Waals surface area contributed by atoms with Gasteiger partial charge in [0.2, 0.25) is 0 Å². The molecule has 2 aromatic heterocycles. The number of hydrogen-bond donors (Lipinski definition) is 0. The molecule has 2 nitrogen and oxygen atoms in total. The molecule has 0 radical (unpaired) electrons. The first-order valence-electron chi connectivity index (χ1n) is 6.49. The van der Waals surface area contributed by atoms with Gasteiger partial charge in [-0.2, -0.15) is 0 Å². The number of aryl methyl sites for hydroxylation is 1. The molecule has 104 valence electrons. The maximum absolute atomic E-state index is 6.10. The summed E-state index contributed by atoms with van der Waals surface area (Å²) in [6.07, 6.45) is 1.07. The molecular formula is C15H14Cl2N2S. The minimum absolute atomic E-state index is 0.401. The van der Waals surface area contributed by atoms with E-state index in [1.165, 1.54) is 9.75 Å². The molecule has 0 amide bonds. The molecule has 2 heterocycles. The number of thiophene rings is 1. The summed E-state index contributed by atoms with van der Waals surface area (Å²) in [7, 11) is 0. The van der Waals surface area contributed by atoms with Crippen LogP contribution in [-0.4, -0.2) is 9.55 Å². The van der Waals surface area contributed by atoms with Crippen LogP contribution in [0, 0.1) is 0 Å². The van der Waals surface area contributed by atoms with E-state index < -0.39 is 0 Å². The molecule has 0 N–H and O–H groups in total. The average molecular weight is 325 g/mol. The second-order valence-electron chi connectivity index (χ2n) is 4.60. The molecule has 1 aromatic carbocycles. The van der Waals surface area contributed by atoms with Gasteiger partial charge in [0.1, 0.15) is 5.82 Å². The van der Waals surface area contributed by atoms with Gasteiger partial charge in [0, 0.05) is 14.8 Å². The van der Waals surface area contributed by atoms with E-state index in [-0.39, 0.29) is 0 Å². The number of imidazole rings is 1. The molecule has 0 aliphatic rings. The third-order valence-corrected chi connectivity index (χ3v) is 4.98. The third kappa shape index (κ3) is 2.58. The highest BCUT2D eigenvalue weighted by atomic mass is 35.5. The lowest BCUT2D eigenvalue weighted by molar-refractivity contribution is 0.789. The molecule has 0 bridgehead atoms. The van der Waals surface area contributed by atoms with Crippen LogP contribution >= 0.6 is 34.5 Å². The van der Waals surface area contributed by atoms with Crippen LogP contribution in [0.4, 0.5) is 0 Å². The van der Waals surface area contributed by atoms with Crippen LogP contribution in [-0.2, 0) is 18.8 Å². The Bertz CT molecular complexity index is 745. The number of aromatic nitrogens is 2. The number of nitrogens with zero attached hydrogens (tertiary/aromatic N) is 2. The predicted molar refractivity (Wildman–Crippen MR) is 87.1 cm³/mol. The fraction of sp³-hybridized carbons (Fsp3) is 0.267. The molecule has 0 aliphatic heterocycles. The van der Waals surface area contributed by atoms with Crippen LogP contribution < -0.4 is 0 Å². The van der Waals surface area contributed by atoms with Crippen molar-refractivity contribution in [3.63, 3.8) is 0 Å². The minimum atomic E-state index is 0.401. The second-order valence-corrected chi connectivity index (χ2v) is 6.56. The van der Waals surface area contributed by atoms with Crippen molar-refractivity contribution >= 4 is 45.6 Å². The lowest BCUT2D eigenvalue weighted by Gasteiger charge is -2.06. The van der Waals surface area contributed by atoms with Gasteiger partial charge in [-0.1, -0.05) is 18.5 Å². The monoisotopic (exact) mass is 324 g/mol. The fourth-order valence-electron chi connectivity index (χ4n) is 2.28. The Kier molecular flexibility index (Phi) is 4.01. The highest BCUT2D eigenvalue weighted by molar-refractivity contribution is 7.11. The fourth-order valence-corrected chi connectivity index (χ4v) is 3.59. The van der Waals surface area contributed by atoms with E-state index in [4.69, 9.17) is 23.2 Å². The number of halogens is 2. The van der Waals surface area contributed by atoms with Crippen molar-refractivity contribution in [3.8, 4) is 0 Å². The van der Waals surface area contributed by atoms with Crippen molar-refractivity contribution in [3.05, 3.63) is 50.9 Å². The number of benzene rings is 1. The van der Waals surface area contributed by atoms with Gasteiger partial charge in [0.15, 0.2) is 0 Å². The largest absolute Gasteiger partial charge is 0.322 e. The van der Waals surface area contributed by atoms with E-state index in [0.29, 0.717) is 5.88 Å². The van der Waals surface area contributed by atoms with E-state index in [1.54, 1.807) is 0 Å². The first-order chi connectivity index (χ1) is 9.71. The maximum atomic E-state index is 6.10. The predicted octanol–water partition coefficient (Wildman–Crippen LogP) is 5.10. The maximum Gasteiger partial charge on any atom is 0.125 e. The Balaban J connectivity index is 2.06. The van der Waals surface area contributed by atoms with Crippen molar-refractivity contribution in [1.82, 2.24) is 9.55 Å². The molecule has 3 aromatic rings. The molecule has 0 saturated heterocycles. The van der Waals surface area contributed by atoms with Gasteiger partial charge in [-0.15, -0.1) is 22.9 Å². The summed E-state index contributed by atoms with van der Waals surface area (Å²) in [5, 5.41) is 0.722. The van der Waals surface area contributed by atoms with E-state index in [9.17, 15) is 0 Å². The Hall–Kier alpha value is -1.03. The lowest BCUT2D eigenvalue weighted by Crippen LogP contribution is -2.02. The number of fused-ring (bicyclic) bond motifs is 1. The molecule has 5 heteroatoms. The van der Waals surface area contributed by atoms with E-state index in [2.05, 4.69) is 28.6 Å². The molecule has 0 fully saturated rings.